The average Bonchev–Trinajstić information content (AvgIpc) is 2.93. The molecule has 0 aliphatic rings. The zero-order chi connectivity index (χ0) is 27.6. The third-order valence-electron chi connectivity index (χ3n) is 5.56. The fraction of sp³-hybridized carbons (Fsp3) is 0.500. The molecule has 0 saturated heterocycles. The van der Waals surface area contributed by atoms with Gasteiger partial charge in [0.05, 0.1) is 18.7 Å². The Balaban J connectivity index is 1.65. The van der Waals surface area contributed by atoms with Crippen molar-refractivity contribution in [3.63, 3.8) is 0 Å². The molecule has 0 aliphatic heterocycles. The third kappa shape index (κ3) is 12.5. The summed E-state index contributed by atoms with van der Waals surface area (Å²) in [5.74, 6) is 0.118. The maximum atomic E-state index is 12.3. The number of nitrogens with zero attached hydrogens (tertiary/aromatic N) is 3. The molecule has 1 atom stereocenters. The number of pyridine rings is 1. The molecule has 0 bridgehead atoms. The molecule has 0 aliphatic carbocycles. The van der Waals surface area contributed by atoms with Gasteiger partial charge in [0.2, 0.25) is 0 Å². The van der Waals surface area contributed by atoms with Gasteiger partial charge in [-0.1, -0.05) is 44.7 Å². The molecule has 2 amide bonds. The van der Waals surface area contributed by atoms with Crippen molar-refractivity contribution in [2.24, 2.45) is 10.2 Å². The van der Waals surface area contributed by atoms with Crippen molar-refractivity contribution in [2.45, 2.75) is 58.4 Å². The lowest BCUT2D eigenvalue weighted by Gasteiger charge is -2.09. The molecule has 1 heterocycles. The Bertz CT molecular complexity index is 1060. The van der Waals surface area contributed by atoms with Gasteiger partial charge >= 0.3 is 7.82 Å². The largest absolute Gasteiger partial charge is 0.471 e. The van der Waals surface area contributed by atoms with Gasteiger partial charge in [-0.25, -0.2) is 9.55 Å². The number of phosphoric ester groups is 1. The van der Waals surface area contributed by atoms with Crippen LogP contribution in [0.2, 0.25) is 0 Å². The number of nitrogens with one attached hydrogen (secondary N) is 2. The van der Waals surface area contributed by atoms with E-state index in [1.165, 1.54) is 6.20 Å². The predicted octanol–water partition coefficient (Wildman–Crippen LogP) is 5.34. The van der Waals surface area contributed by atoms with E-state index in [0.717, 1.165) is 51.2 Å². The smallest absolute Gasteiger partial charge is 0.352 e. The van der Waals surface area contributed by atoms with E-state index in [4.69, 9.17) is 9.42 Å². The van der Waals surface area contributed by atoms with Gasteiger partial charge in [0.15, 0.2) is 5.82 Å². The van der Waals surface area contributed by atoms with Gasteiger partial charge in [-0.3, -0.25) is 18.6 Å². The SMILES string of the molecule is CCCCCNC(=O)c1ccc(N=NCc2ccc(C(=O)NCCCCCCOP(=O)(O)OC)cc2)nc1. The number of carbonyl (C=O) groups is 2. The molecule has 2 aromatic rings. The second kappa shape index (κ2) is 17.5. The number of hydrogen-bond donors (Lipinski definition) is 3. The summed E-state index contributed by atoms with van der Waals surface area (Å²) >= 11 is 0. The molecule has 38 heavy (non-hydrogen) atoms. The normalized spacial score (nSPS) is 12.8. The lowest BCUT2D eigenvalue weighted by atomic mass is 10.1. The molecule has 0 spiro atoms. The van der Waals surface area contributed by atoms with Crippen molar-refractivity contribution < 1.29 is 28.1 Å². The van der Waals surface area contributed by atoms with Crippen LogP contribution in [0.25, 0.3) is 0 Å². The van der Waals surface area contributed by atoms with Gasteiger partial charge in [-0.05, 0) is 49.1 Å². The second-order valence-corrected chi connectivity index (χ2v) is 10.2. The molecule has 1 aromatic heterocycles. The second-order valence-electron chi connectivity index (χ2n) is 8.62. The van der Waals surface area contributed by atoms with Crippen molar-refractivity contribution >= 4 is 25.5 Å². The van der Waals surface area contributed by atoms with Gasteiger partial charge in [0.25, 0.3) is 11.8 Å². The molecule has 12 heteroatoms. The number of rotatable bonds is 18. The molecule has 0 fully saturated rings. The Labute approximate surface area is 224 Å². The minimum atomic E-state index is -3.90. The van der Waals surface area contributed by atoms with Crippen molar-refractivity contribution in [1.29, 1.82) is 0 Å². The van der Waals surface area contributed by atoms with Crippen LogP contribution in [-0.2, 0) is 20.2 Å². The number of amides is 2. The third-order valence-corrected chi connectivity index (χ3v) is 6.53. The fourth-order valence-corrected chi connectivity index (χ4v) is 3.79. The standard InChI is InChI=1S/C26H38N5O6P/c1-3-4-7-16-28-26(33)23-14-15-24(29-20-23)31-30-19-21-10-12-22(13-11-21)25(32)27-17-8-5-6-9-18-37-38(34,35)36-2/h10-15,20H,3-9,16-19H2,1-2H3,(H,27,32)(H,28,33)(H,34,35). The van der Waals surface area contributed by atoms with Crippen LogP contribution in [0.15, 0.2) is 52.8 Å². The Morgan fingerprint density at radius 1 is 0.921 bits per heavy atom. The lowest BCUT2D eigenvalue weighted by Crippen LogP contribution is -2.24. The average molecular weight is 548 g/mol. The van der Waals surface area contributed by atoms with Crippen LogP contribution < -0.4 is 10.6 Å². The van der Waals surface area contributed by atoms with Crippen LogP contribution in [0.1, 0.15) is 78.1 Å². The number of benzene rings is 1. The van der Waals surface area contributed by atoms with E-state index in [-0.39, 0.29) is 18.4 Å². The quantitative estimate of drug-likeness (QED) is 0.129. The number of aromatic nitrogens is 1. The number of unbranched alkanes of at least 4 members (excludes halogenated alkanes) is 5. The Kier molecular flexibility index (Phi) is 14.4. The summed E-state index contributed by atoms with van der Waals surface area (Å²) in [6.07, 6.45) is 7.75. The highest BCUT2D eigenvalue weighted by atomic mass is 31.2. The molecule has 2 rings (SSSR count). The van der Waals surface area contributed by atoms with Crippen LogP contribution in [0.3, 0.4) is 0 Å². The minimum absolute atomic E-state index is 0.146. The maximum Gasteiger partial charge on any atom is 0.471 e. The summed E-state index contributed by atoms with van der Waals surface area (Å²) in [7, 11) is -2.77. The van der Waals surface area contributed by atoms with Crippen LogP contribution in [-0.4, -0.2) is 48.5 Å². The summed E-state index contributed by atoms with van der Waals surface area (Å²) < 4.78 is 20.3. The van der Waals surface area contributed by atoms with E-state index >= 15 is 0 Å². The molecule has 1 aromatic carbocycles. The van der Waals surface area contributed by atoms with Gasteiger partial charge in [-0.2, -0.15) is 5.11 Å². The van der Waals surface area contributed by atoms with Gasteiger partial charge in [0, 0.05) is 32.0 Å². The first kappa shape index (κ1) is 31.2. The van der Waals surface area contributed by atoms with Gasteiger partial charge in [0.1, 0.15) is 0 Å². The number of hydrogen-bond acceptors (Lipinski definition) is 8. The van der Waals surface area contributed by atoms with Gasteiger partial charge in [-0.15, -0.1) is 5.11 Å². The van der Waals surface area contributed by atoms with Crippen molar-refractivity contribution in [3.8, 4) is 0 Å². The first-order valence-corrected chi connectivity index (χ1v) is 14.4. The summed E-state index contributed by atoms with van der Waals surface area (Å²) in [4.78, 5) is 37.7. The molecular formula is C26H38N5O6P. The van der Waals surface area contributed by atoms with Gasteiger partial charge < -0.3 is 15.5 Å². The Morgan fingerprint density at radius 3 is 2.18 bits per heavy atom. The zero-order valence-electron chi connectivity index (χ0n) is 22.1. The molecule has 0 radical (unpaired) electrons. The highest BCUT2D eigenvalue weighted by Gasteiger charge is 2.17. The Morgan fingerprint density at radius 2 is 1.55 bits per heavy atom. The summed E-state index contributed by atoms with van der Waals surface area (Å²) in [5.41, 5.74) is 1.95. The van der Waals surface area contributed by atoms with Crippen molar-refractivity contribution in [3.05, 3.63) is 59.3 Å². The van der Waals surface area contributed by atoms with E-state index < -0.39 is 7.82 Å². The Hall–Kier alpha value is -2.98. The molecule has 0 saturated carbocycles. The first-order valence-electron chi connectivity index (χ1n) is 12.9. The maximum absolute atomic E-state index is 12.3. The summed E-state index contributed by atoms with van der Waals surface area (Å²) in [6.45, 7) is 3.80. The van der Waals surface area contributed by atoms with Crippen LogP contribution in [0, 0.1) is 0 Å². The molecular weight excluding hydrogens is 509 g/mol. The minimum Gasteiger partial charge on any atom is -0.352 e. The van der Waals surface area contributed by atoms with E-state index in [9.17, 15) is 14.2 Å². The van der Waals surface area contributed by atoms with Crippen molar-refractivity contribution in [2.75, 3.05) is 26.8 Å². The van der Waals surface area contributed by atoms with E-state index in [2.05, 4.69) is 37.3 Å². The number of phosphoric acid groups is 1. The number of carbonyl (C=O) groups excluding carboxylic acids is 2. The monoisotopic (exact) mass is 547 g/mol. The predicted molar refractivity (Wildman–Crippen MR) is 144 cm³/mol. The van der Waals surface area contributed by atoms with Crippen LogP contribution >= 0.6 is 7.82 Å². The molecule has 3 N–H and O–H groups in total. The molecule has 11 nitrogen and oxygen atoms in total. The zero-order valence-corrected chi connectivity index (χ0v) is 23.0. The topological polar surface area (TPSA) is 152 Å². The van der Waals surface area contributed by atoms with E-state index in [0.29, 0.717) is 43.0 Å². The number of azo groups is 1. The highest BCUT2D eigenvalue weighted by molar-refractivity contribution is 7.47. The van der Waals surface area contributed by atoms with E-state index in [1.54, 1.807) is 24.3 Å². The van der Waals surface area contributed by atoms with E-state index in [1.807, 2.05) is 12.1 Å². The van der Waals surface area contributed by atoms with Crippen LogP contribution in [0.5, 0.6) is 0 Å². The lowest BCUT2D eigenvalue weighted by molar-refractivity contribution is 0.0944. The fourth-order valence-electron chi connectivity index (χ4n) is 3.33. The van der Waals surface area contributed by atoms with Crippen molar-refractivity contribution in [1.82, 2.24) is 15.6 Å². The highest BCUT2D eigenvalue weighted by Crippen LogP contribution is 2.41. The summed E-state index contributed by atoms with van der Waals surface area (Å²) in [5, 5.41) is 14.0. The van der Waals surface area contributed by atoms with Crippen LogP contribution in [0.4, 0.5) is 5.82 Å². The molecule has 1 unspecified atom stereocenters. The summed E-state index contributed by atoms with van der Waals surface area (Å²) in [6, 6.07) is 10.5. The molecule has 208 valence electrons. The first-order chi connectivity index (χ1) is 18.3.